The Morgan fingerprint density at radius 3 is 2.64 bits per heavy atom. The molecule has 0 aliphatic heterocycles. The Balaban J connectivity index is 2.86. The van der Waals surface area contributed by atoms with Gasteiger partial charge in [-0.05, 0) is 30.7 Å². The zero-order chi connectivity index (χ0) is 10.1. The Bertz CT molecular complexity index is 477. The molecule has 0 N–H and O–H groups in total. The molecule has 2 heteroatoms. The van der Waals surface area contributed by atoms with Crippen molar-refractivity contribution in [1.29, 1.82) is 0 Å². The van der Waals surface area contributed by atoms with Crippen LogP contribution in [0.15, 0.2) is 30.3 Å². The van der Waals surface area contributed by atoms with Gasteiger partial charge in [-0.3, -0.25) is 0 Å². The summed E-state index contributed by atoms with van der Waals surface area (Å²) in [6.07, 6.45) is 0. The van der Waals surface area contributed by atoms with E-state index in [1.54, 1.807) is 7.11 Å². The third kappa shape index (κ3) is 1.44. The Morgan fingerprint density at radius 2 is 1.93 bits per heavy atom. The first-order valence-corrected chi connectivity index (χ1v) is 4.83. The zero-order valence-corrected chi connectivity index (χ0v) is 8.93. The van der Waals surface area contributed by atoms with Crippen molar-refractivity contribution in [3.8, 4) is 5.75 Å². The predicted octanol–water partition coefficient (Wildman–Crippen LogP) is 3.81. The second-order valence-corrected chi connectivity index (χ2v) is 3.71. The lowest BCUT2D eigenvalue weighted by Crippen LogP contribution is -1.85. The van der Waals surface area contributed by atoms with Crippen LogP contribution in [0.2, 0.25) is 5.02 Å². The first kappa shape index (κ1) is 9.35. The molecule has 2 aromatic carbocycles. The fourth-order valence-electron chi connectivity index (χ4n) is 1.63. The maximum absolute atomic E-state index is 6.14. The third-order valence-electron chi connectivity index (χ3n) is 2.27. The lowest BCUT2D eigenvalue weighted by molar-refractivity contribution is 0.420. The number of aryl methyl sites for hydroxylation is 1. The van der Waals surface area contributed by atoms with Crippen LogP contribution >= 0.6 is 11.6 Å². The van der Waals surface area contributed by atoms with Crippen LogP contribution in [0.4, 0.5) is 0 Å². The van der Waals surface area contributed by atoms with Gasteiger partial charge in [-0.1, -0.05) is 23.7 Å². The molecular formula is C12H11ClO. The Kier molecular flexibility index (Phi) is 2.34. The van der Waals surface area contributed by atoms with Gasteiger partial charge in [0.25, 0.3) is 0 Å². The summed E-state index contributed by atoms with van der Waals surface area (Å²) < 4.78 is 5.28. The fourth-order valence-corrected chi connectivity index (χ4v) is 1.96. The minimum atomic E-state index is 0.777. The number of halogens is 1. The van der Waals surface area contributed by atoms with Gasteiger partial charge >= 0.3 is 0 Å². The Labute approximate surface area is 88.3 Å². The molecule has 14 heavy (non-hydrogen) atoms. The largest absolute Gasteiger partial charge is 0.496 e. The maximum Gasteiger partial charge on any atom is 0.126 e. The molecule has 2 rings (SSSR count). The van der Waals surface area contributed by atoms with Crippen LogP contribution in [-0.4, -0.2) is 7.11 Å². The summed E-state index contributed by atoms with van der Waals surface area (Å²) in [4.78, 5) is 0. The summed E-state index contributed by atoms with van der Waals surface area (Å²) in [6, 6.07) is 9.93. The number of rotatable bonds is 1. The number of benzene rings is 2. The SMILES string of the molecule is COc1cccc2c(Cl)cc(C)cc12. The average molecular weight is 207 g/mol. The van der Waals surface area contributed by atoms with Gasteiger partial charge in [0, 0.05) is 15.8 Å². The molecule has 0 aliphatic rings. The first-order chi connectivity index (χ1) is 6.72. The molecule has 0 saturated heterocycles. The highest BCUT2D eigenvalue weighted by Crippen LogP contribution is 2.31. The second kappa shape index (κ2) is 3.50. The molecule has 0 heterocycles. The summed E-state index contributed by atoms with van der Waals surface area (Å²) in [5, 5.41) is 2.88. The number of fused-ring (bicyclic) bond motifs is 1. The molecule has 0 atom stereocenters. The van der Waals surface area contributed by atoms with E-state index in [9.17, 15) is 0 Å². The van der Waals surface area contributed by atoms with Crippen LogP contribution in [0.25, 0.3) is 10.8 Å². The van der Waals surface area contributed by atoms with E-state index in [-0.39, 0.29) is 0 Å². The van der Waals surface area contributed by atoms with Crippen molar-refractivity contribution in [1.82, 2.24) is 0 Å². The molecule has 0 aliphatic carbocycles. The molecule has 72 valence electrons. The van der Waals surface area contributed by atoms with E-state index in [0.29, 0.717) is 0 Å². The van der Waals surface area contributed by atoms with Crippen LogP contribution in [0, 0.1) is 6.92 Å². The lowest BCUT2D eigenvalue weighted by atomic mass is 10.1. The fraction of sp³-hybridized carbons (Fsp3) is 0.167. The zero-order valence-electron chi connectivity index (χ0n) is 8.17. The van der Waals surface area contributed by atoms with Gasteiger partial charge in [0.15, 0.2) is 0 Å². The van der Waals surface area contributed by atoms with Gasteiger partial charge in [-0.2, -0.15) is 0 Å². The van der Waals surface area contributed by atoms with Crippen molar-refractivity contribution < 1.29 is 4.74 Å². The van der Waals surface area contributed by atoms with Crippen LogP contribution in [-0.2, 0) is 0 Å². The third-order valence-corrected chi connectivity index (χ3v) is 2.58. The van der Waals surface area contributed by atoms with Gasteiger partial charge in [-0.15, -0.1) is 0 Å². The molecule has 0 unspecified atom stereocenters. The Hall–Kier alpha value is -1.21. The summed E-state index contributed by atoms with van der Waals surface area (Å²) in [5.74, 6) is 0.869. The van der Waals surface area contributed by atoms with Gasteiger partial charge in [0.05, 0.1) is 7.11 Å². The summed E-state index contributed by atoms with van der Waals surface area (Å²) in [6.45, 7) is 2.03. The number of methoxy groups -OCH3 is 1. The van der Waals surface area contributed by atoms with Crippen molar-refractivity contribution in [2.75, 3.05) is 7.11 Å². The highest BCUT2D eigenvalue weighted by Gasteiger charge is 2.04. The molecular weight excluding hydrogens is 196 g/mol. The van der Waals surface area contributed by atoms with Gasteiger partial charge in [0.2, 0.25) is 0 Å². The van der Waals surface area contributed by atoms with Crippen molar-refractivity contribution in [2.24, 2.45) is 0 Å². The lowest BCUT2D eigenvalue weighted by Gasteiger charge is -2.07. The van der Waals surface area contributed by atoms with E-state index in [1.165, 1.54) is 0 Å². The molecule has 0 aromatic heterocycles. The maximum atomic E-state index is 6.14. The minimum absolute atomic E-state index is 0.777. The normalized spacial score (nSPS) is 10.5. The van der Waals surface area contributed by atoms with E-state index >= 15 is 0 Å². The summed E-state index contributed by atoms with van der Waals surface area (Å²) in [7, 11) is 1.67. The van der Waals surface area contributed by atoms with Gasteiger partial charge in [-0.25, -0.2) is 0 Å². The summed E-state index contributed by atoms with van der Waals surface area (Å²) in [5.41, 5.74) is 1.15. The van der Waals surface area contributed by atoms with Crippen LogP contribution in [0.5, 0.6) is 5.75 Å². The standard InChI is InChI=1S/C12H11ClO/c1-8-6-10-9(11(13)7-8)4-3-5-12(10)14-2/h3-7H,1-2H3. The number of hydrogen-bond donors (Lipinski definition) is 0. The van der Waals surface area contributed by atoms with E-state index < -0.39 is 0 Å². The predicted molar refractivity (Wildman–Crippen MR) is 60.2 cm³/mol. The molecule has 1 nitrogen and oxygen atoms in total. The average Bonchev–Trinajstić information content (AvgIpc) is 2.17. The topological polar surface area (TPSA) is 9.23 Å². The quantitative estimate of drug-likeness (QED) is 0.690. The van der Waals surface area contributed by atoms with E-state index in [1.807, 2.05) is 31.2 Å². The van der Waals surface area contributed by atoms with E-state index in [4.69, 9.17) is 16.3 Å². The summed E-state index contributed by atoms with van der Waals surface area (Å²) >= 11 is 6.14. The first-order valence-electron chi connectivity index (χ1n) is 4.45. The van der Waals surface area contributed by atoms with Crippen molar-refractivity contribution in [3.05, 3.63) is 40.9 Å². The molecule has 0 saturated carbocycles. The van der Waals surface area contributed by atoms with Crippen molar-refractivity contribution >= 4 is 22.4 Å². The molecule has 0 amide bonds. The van der Waals surface area contributed by atoms with Crippen molar-refractivity contribution in [2.45, 2.75) is 6.92 Å². The Morgan fingerprint density at radius 1 is 1.14 bits per heavy atom. The molecule has 0 spiro atoms. The number of ether oxygens (including phenoxy) is 1. The smallest absolute Gasteiger partial charge is 0.126 e. The second-order valence-electron chi connectivity index (χ2n) is 3.30. The van der Waals surface area contributed by atoms with Gasteiger partial charge < -0.3 is 4.74 Å². The molecule has 0 radical (unpaired) electrons. The highest BCUT2D eigenvalue weighted by molar-refractivity contribution is 6.35. The van der Waals surface area contributed by atoms with Crippen LogP contribution in [0.3, 0.4) is 0 Å². The van der Waals surface area contributed by atoms with Gasteiger partial charge in [0.1, 0.15) is 5.75 Å². The molecule has 0 fully saturated rings. The number of hydrogen-bond acceptors (Lipinski definition) is 1. The van der Waals surface area contributed by atoms with E-state index in [0.717, 1.165) is 27.1 Å². The molecule has 2 aromatic rings. The monoisotopic (exact) mass is 206 g/mol. The van der Waals surface area contributed by atoms with Crippen LogP contribution < -0.4 is 4.74 Å². The van der Waals surface area contributed by atoms with E-state index in [2.05, 4.69) is 6.07 Å². The molecule has 0 bridgehead atoms. The van der Waals surface area contributed by atoms with Crippen molar-refractivity contribution in [3.63, 3.8) is 0 Å². The van der Waals surface area contributed by atoms with Crippen LogP contribution in [0.1, 0.15) is 5.56 Å². The minimum Gasteiger partial charge on any atom is -0.496 e. The highest BCUT2D eigenvalue weighted by atomic mass is 35.5.